The fraction of sp³-hybridized carbons (Fsp3) is 0.676. The van der Waals surface area contributed by atoms with Gasteiger partial charge >= 0.3 is 0 Å². The summed E-state index contributed by atoms with van der Waals surface area (Å²) in [6.07, 6.45) is 7.09. The van der Waals surface area contributed by atoms with Gasteiger partial charge in [-0.2, -0.15) is 0 Å². The molecule has 1 fully saturated rings. The van der Waals surface area contributed by atoms with E-state index < -0.39 is 11.0 Å². The van der Waals surface area contributed by atoms with Gasteiger partial charge in [0, 0.05) is 48.9 Å². The van der Waals surface area contributed by atoms with Crippen LogP contribution in [0.15, 0.2) is 42.1 Å². The van der Waals surface area contributed by atoms with Crippen LogP contribution in [0.25, 0.3) is 0 Å². The summed E-state index contributed by atoms with van der Waals surface area (Å²) in [6.45, 7) is 23.6. The molecule has 2 aliphatic rings. The lowest BCUT2D eigenvalue weighted by molar-refractivity contribution is -0.131. The smallest absolute Gasteiger partial charge is 0.258 e. The maximum Gasteiger partial charge on any atom is 0.258 e. The van der Waals surface area contributed by atoms with E-state index in [1.165, 1.54) is 11.1 Å². The molecule has 1 saturated carbocycles. The Bertz CT molecular complexity index is 1260. The third-order valence-electron chi connectivity index (χ3n) is 10.1. The minimum Gasteiger partial charge on any atom is -0.393 e. The number of nitrogens with one attached hydrogen (secondary N) is 1. The number of aliphatic hydroxyl groups excluding tert-OH is 1. The predicted octanol–water partition coefficient (Wildman–Crippen LogP) is 7.41. The summed E-state index contributed by atoms with van der Waals surface area (Å²) in [5.41, 5.74) is 3.74. The lowest BCUT2D eigenvalue weighted by Gasteiger charge is -2.44. The number of carbonyl (C=O) groups is 2. The summed E-state index contributed by atoms with van der Waals surface area (Å²) in [4.78, 5) is 27.6. The van der Waals surface area contributed by atoms with Crippen LogP contribution in [0.2, 0.25) is 5.02 Å². The normalized spacial score (nSPS) is 28.3. The van der Waals surface area contributed by atoms with Crippen LogP contribution in [-0.2, 0) is 27.0 Å². The predicted molar refractivity (Wildman–Crippen MR) is 193 cm³/mol. The first-order chi connectivity index (χ1) is 21.4. The highest BCUT2D eigenvalue weighted by molar-refractivity contribution is 7.84. The molecule has 2 amide bonds. The van der Waals surface area contributed by atoms with Gasteiger partial charge in [-0.25, -0.2) is 4.21 Å². The largest absolute Gasteiger partial charge is 0.393 e. The quantitative estimate of drug-likeness (QED) is 0.347. The number of hydrogen-bond donors (Lipinski definition) is 2. The van der Waals surface area contributed by atoms with Gasteiger partial charge in [0.2, 0.25) is 5.91 Å². The van der Waals surface area contributed by atoms with Gasteiger partial charge in [-0.3, -0.25) is 14.3 Å². The van der Waals surface area contributed by atoms with Crippen LogP contribution in [0, 0.1) is 17.8 Å². The van der Waals surface area contributed by atoms with Crippen molar-refractivity contribution in [1.29, 1.82) is 0 Å². The van der Waals surface area contributed by atoms with Crippen LogP contribution in [0.1, 0.15) is 111 Å². The number of benzene rings is 1. The highest BCUT2D eigenvalue weighted by Gasteiger charge is 2.37. The number of rotatable bonds is 4. The second-order valence-electron chi connectivity index (χ2n) is 14.5. The summed E-state index contributed by atoms with van der Waals surface area (Å²) in [5, 5.41) is 11.6. The molecule has 1 aliphatic carbocycles. The van der Waals surface area contributed by atoms with Crippen LogP contribution < -0.4 is 4.72 Å². The van der Waals surface area contributed by atoms with Gasteiger partial charge in [0.05, 0.1) is 11.4 Å². The summed E-state index contributed by atoms with van der Waals surface area (Å²) >= 11 is 6.26. The monoisotopic (exact) mass is 677 g/mol. The topological polar surface area (TPSA) is 90.0 Å². The molecule has 0 aromatic heterocycles. The van der Waals surface area contributed by atoms with E-state index in [1.54, 1.807) is 18.7 Å². The summed E-state index contributed by atoms with van der Waals surface area (Å²) in [5.74, 6) is 0.902. The highest BCUT2D eigenvalue weighted by atomic mass is 35.5. The fourth-order valence-electron chi connectivity index (χ4n) is 6.16. The van der Waals surface area contributed by atoms with Gasteiger partial charge in [0.15, 0.2) is 0 Å². The standard InChI is InChI=1S/C30H45ClN2O3S.C7H15NO/c1-7-24-16-26(31)12-14-27(24)21(4)17-33-18-25-11-13-28(25)29(34)10-8-9-19(2)23(6)37(36)32-30(35)20(3)15-22(33)5;1-6(9)8(5)7(2,3)4/h12,14-16,19,21,23,25,28-29,34H,5,7-11,13,17-18H2,1-4,6H3,(H,32,35);1-5H3/b20-15+;. The van der Waals surface area contributed by atoms with E-state index in [4.69, 9.17) is 11.6 Å². The SMILES string of the molecule is C=C1/C=C(\C)C(=O)NS(=O)C(C)C(C)CCCC(O)C2CCC2CN1CC(C)c1ccc(Cl)cc1CC.CC(=O)N(C)C(C)(C)C. The van der Waals surface area contributed by atoms with E-state index in [2.05, 4.69) is 43.0 Å². The van der Waals surface area contributed by atoms with Crippen molar-refractivity contribution in [2.75, 3.05) is 20.1 Å². The Labute approximate surface area is 286 Å². The van der Waals surface area contributed by atoms with Crippen molar-refractivity contribution in [3.05, 3.63) is 58.3 Å². The molecule has 7 atom stereocenters. The fourth-order valence-corrected chi connectivity index (χ4v) is 7.45. The lowest BCUT2D eigenvalue weighted by atomic mass is 9.69. The Kier molecular flexibility index (Phi) is 15.5. The Morgan fingerprint density at radius 1 is 1.22 bits per heavy atom. The maximum atomic E-state index is 12.9. The number of aryl methyl sites for hydroxylation is 1. The van der Waals surface area contributed by atoms with Crippen LogP contribution in [0.4, 0.5) is 0 Å². The zero-order valence-corrected chi connectivity index (χ0v) is 31.6. The van der Waals surface area contributed by atoms with Gasteiger partial charge in [0.1, 0.15) is 11.0 Å². The second-order valence-corrected chi connectivity index (χ2v) is 16.5. The molecule has 3 rings (SSSR count). The average molecular weight is 678 g/mol. The molecule has 9 heteroatoms. The van der Waals surface area contributed by atoms with Gasteiger partial charge in [-0.15, -0.1) is 0 Å². The molecular weight excluding hydrogens is 618 g/mol. The first-order valence-electron chi connectivity index (χ1n) is 16.9. The number of allylic oxidation sites excluding steroid dienone is 1. The lowest BCUT2D eigenvalue weighted by Crippen LogP contribution is -2.44. The van der Waals surface area contributed by atoms with Crippen LogP contribution in [0.3, 0.4) is 0 Å². The molecule has 7 unspecified atom stereocenters. The average Bonchev–Trinajstić information content (AvgIpc) is 2.96. The molecule has 1 aromatic carbocycles. The number of fused-ring (bicyclic) bond motifs is 1. The van der Waals surface area contributed by atoms with Crippen LogP contribution in [0.5, 0.6) is 0 Å². The van der Waals surface area contributed by atoms with Gasteiger partial charge in [0.25, 0.3) is 5.91 Å². The number of aliphatic hydroxyl groups is 1. The van der Waals surface area contributed by atoms with E-state index in [-0.39, 0.29) is 46.5 Å². The number of amides is 2. The number of nitrogens with zero attached hydrogens (tertiary/aromatic N) is 2. The first kappa shape index (κ1) is 40.0. The zero-order chi connectivity index (χ0) is 34.9. The Morgan fingerprint density at radius 3 is 2.39 bits per heavy atom. The minimum atomic E-state index is -1.47. The molecule has 0 spiro atoms. The van der Waals surface area contributed by atoms with E-state index in [9.17, 15) is 18.9 Å². The third kappa shape index (κ3) is 11.5. The molecular formula is C37H60ClN3O4S. The van der Waals surface area contributed by atoms with Crippen LogP contribution >= 0.6 is 11.6 Å². The second kappa shape index (κ2) is 17.8. The van der Waals surface area contributed by atoms with E-state index in [1.807, 2.05) is 53.0 Å². The molecule has 1 aliphatic heterocycles. The number of hydrogen-bond acceptors (Lipinski definition) is 5. The number of halogens is 1. The molecule has 7 nitrogen and oxygen atoms in total. The molecule has 0 radical (unpaired) electrons. The zero-order valence-electron chi connectivity index (χ0n) is 30.0. The molecule has 1 heterocycles. The number of carbonyl (C=O) groups excluding carboxylic acids is 2. The van der Waals surface area contributed by atoms with Gasteiger partial charge in [-0.05, 0) is 120 Å². The first-order valence-corrected chi connectivity index (χ1v) is 18.5. The Hall–Kier alpha value is -2.16. The Morgan fingerprint density at radius 2 is 1.87 bits per heavy atom. The molecule has 0 saturated heterocycles. The van der Waals surface area contributed by atoms with Crippen molar-refractivity contribution < 1.29 is 18.9 Å². The summed E-state index contributed by atoms with van der Waals surface area (Å²) < 4.78 is 15.5. The highest BCUT2D eigenvalue weighted by Crippen LogP contribution is 2.40. The molecule has 260 valence electrons. The van der Waals surface area contributed by atoms with E-state index >= 15 is 0 Å². The van der Waals surface area contributed by atoms with Crippen molar-refractivity contribution in [3.63, 3.8) is 0 Å². The summed E-state index contributed by atoms with van der Waals surface area (Å²) in [7, 11) is 0.337. The third-order valence-corrected chi connectivity index (χ3v) is 11.8. The van der Waals surface area contributed by atoms with Crippen molar-refractivity contribution >= 4 is 34.4 Å². The molecule has 46 heavy (non-hydrogen) atoms. The van der Waals surface area contributed by atoms with Gasteiger partial charge in [-0.1, -0.05) is 51.4 Å². The van der Waals surface area contributed by atoms with Crippen LogP contribution in [-0.4, -0.2) is 68.0 Å². The van der Waals surface area contributed by atoms with E-state index in [0.29, 0.717) is 11.5 Å². The van der Waals surface area contributed by atoms with E-state index in [0.717, 1.165) is 62.3 Å². The van der Waals surface area contributed by atoms with Crippen molar-refractivity contribution in [2.24, 2.45) is 17.8 Å². The van der Waals surface area contributed by atoms with Crippen molar-refractivity contribution in [1.82, 2.24) is 14.5 Å². The Balaban J connectivity index is 0.000000713. The van der Waals surface area contributed by atoms with Crippen molar-refractivity contribution in [2.45, 2.75) is 124 Å². The van der Waals surface area contributed by atoms with Gasteiger partial charge < -0.3 is 14.9 Å². The van der Waals surface area contributed by atoms with Crippen molar-refractivity contribution in [3.8, 4) is 0 Å². The summed E-state index contributed by atoms with van der Waals surface area (Å²) in [6, 6.07) is 6.11. The minimum absolute atomic E-state index is 0.0359. The molecule has 2 N–H and O–H groups in total. The maximum absolute atomic E-state index is 12.9. The molecule has 1 aromatic rings. The molecule has 0 bridgehead atoms.